The van der Waals surface area contributed by atoms with Gasteiger partial charge in [0.25, 0.3) is 0 Å². The number of primary amides is 1. The van der Waals surface area contributed by atoms with Crippen molar-refractivity contribution in [1.29, 1.82) is 0 Å². The number of nitrogens with two attached hydrogens (primary N) is 1. The van der Waals surface area contributed by atoms with E-state index in [-0.39, 0.29) is 6.61 Å². The molecule has 0 aliphatic heterocycles. The topological polar surface area (TPSA) is 66.6 Å². The zero-order valence-electron chi connectivity index (χ0n) is 8.60. The van der Waals surface area contributed by atoms with Gasteiger partial charge >= 0.3 is 6.03 Å². The van der Waals surface area contributed by atoms with E-state index in [0.717, 1.165) is 12.0 Å². The zero-order valence-corrected chi connectivity index (χ0v) is 8.60. The molecule has 0 radical (unpaired) electrons. The maximum absolute atomic E-state index is 10.9. The highest BCUT2D eigenvalue weighted by Crippen LogP contribution is 2.01. The Morgan fingerprint density at radius 1 is 1.27 bits per heavy atom. The molecule has 82 valence electrons. The monoisotopic (exact) mass is 208 g/mol. The molecular formula is C11H16N2O2. The number of amides is 2. The first-order valence-corrected chi connectivity index (χ1v) is 4.93. The SMILES string of the molecule is NC(=O)N(CCO)CCc1ccccc1. The van der Waals surface area contributed by atoms with Gasteiger partial charge in [-0.25, -0.2) is 4.79 Å². The number of urea groups is 1. The molecule has 0 atom stereocenters. The number of aliphatic hydroxyl groups excluding tert-OH is 1. The molecule has 0 fully saturated rings. The molecule has 0 spiro atoms. The largest absolute Gasteiger partial charge is 0.395 e. The third-order valence-electron chi connectivity index (χ3n) is 2.19. The third-order valence-corrected chi connectivity index (χ3v) is 2.19. The predicted octanol–water partition coefficient (Wildman–Crippen LogP) is 0.602. The van der Waals surface area contributed by atoms with Crippen molar-refractivity contribution in [2.75, 3.05) is 19.7 Å². The van der Waals surface area contributed by atoms with Gasteiger partial charge in [0.05, 0.1) is 6.61 Å². The molecule has 4 heteroatoms. The van der Waals surface area contributed by atoms with Crippen LogP contribution in [0.25, 0.3) is 0 Å². The van der Waals surface area contributed by atoms with Gasteiger partial charge in [0.15, 0.2) is 0 Å². The van der Waals surface area contributed by atoms with Crippen LogP contribution in [0.1, 0.15) is 5.56 Å². The van der Waals surface area contributed by atoms with Gasteiger partial charge in [-0.05, 0) is 12.0 Å². The molecule has 0 unspecified atom stereocenters. The summed E-state index contributed by atoms with van der Waals surface area (Å²) in [6, 6.07) is 9.37. The first-order chi connectivity index (χ1) is 7.24. The highest BCUT2D eigenvalue weighted by atomic mass is 16.3. The Kier molecular flexibility index (Phi) is 4.63. The van der Waals surface area contributed by atoms with Crippen molar-refractivity contribution in [3.63, 3.8) is 0 Å². The lowest BCUT2D eigenvalue weighted by molar-refractivity contribution is 0.186. The average molecular weight is 208 g/mol. The van der Waals surface area contributed by atoms with Crippen molar-refractivity contribution >= 4 is 6.03 Å². The summed E-state index contributed by atoms with van der Waals surface area (Å²) in [5, 5.41) is 8.73. The Morgan fingerprint density at radius 3 is 2.47 bits per heavy atom. The van der Waals surface area contributed by atoms with Crippen molar-refractivity contribution in [2.24, 2.45) is 5.73 Å². The molecule has 0 aliphatic rings. The molecule has 0 saturated carbocycles. The van der Waals surface area contributed by atoms with E-state index >= 15 is 0 Å². The van der Waals surface area contributed by atoms with Gasteiger partial charge in [0, 0.05) is 13.1 Å². The minimum absolute atomic E-state index is 0.0578. The van der Waals surface area contributed by atoms with Crippen LogP contribution in [0.4, 0.5) is 4.79 Å². The first-order valence-electron chi connectivity index (χ1n) is 4.93. The lowest BCUT2D eigenvalue weighted by Crippen LogP contribution is -2.39. The summed E-state index contributed by atoms with van der Waals surface area (Å²) < 4.78 is 0. The van der Waals surface area contributed by atoms with Crippen LogP contribution in [0.15, 0.2) is 30.3 Å². The second kappa shape index (κ2) is 6.03. The molecule has 0 heterocycles. The predicted molar refractivity (Wildman–Crippen MR) is 58.4 cm³/mol. The fourth-order valence-electron chi connectivity index (χ4n) is 1.36. The number of hydrogen-bond donors (Lipinski definition) is 2. The van der Waals surface area contributed by atoms with E-state index in [1.165, 1.54) is 4.90 Å². The summed E-state index contributed by atoms with van der Waals surface area (Å²) in [5.41, 5.74) is 6.32. The van der Waals surface area contributed by atoms with E-state index in [4.69, 9.17) is 10.8 Å². The highest BCUT2D eigenvalue weighted by Gasteiger charge is 2.07. The summed E-state index contributed by atoms with van der Waals surface area (Å²) in [7, 11) is 0. The van der Waals surface area contributed by atoms with E-state index in [9.17, 15) is 4.79 Å². The van der Waals surface area contributed by atoms with Crippen LogP contribution < -0.4 is 5.73 Å². The van der Waals surface area contributed by atoms with Gasteiger partial charge < -0.3 is 15.7 Å². The number of carbonyl (C=O) groups is 1. The number of aliphatic hydroxyl groups is 1. The van der Waals surface area contributed by atoms with Crippen molar-refractivity contribution in [2.45, 2.75) is 6.42 Å². The van der Waals surface area contributed by atoms with Crippen molar-refractivity contribution in [3.05, 3.63) is 35.9 Å². The second-order valence-electron chi connectivity index (χ2n) is 3.28. The van der Waals surface area contributed by atoms with Crippen LogP contribution in [-0.4, -0.2) is 35.7 Å². The number of benzene rings is 1. The molecule has 4 nitrogen and oxygen atoms in total. The molecular weight excluding hydrogens is 192 g/mol. The summed E-state index contributed by atoms with van der Waals surface area (Å²) in [4.78, 5) is 12.4. The van der Waals surface area contributed by atoms with Crippen LogP contribution in [-0.2, 0) is 6.42 Å². The van der Waals surface area contributed by atoms with Crippen LogP contribution in [0.3, 0.4) is 0 Å². The number of carbonyl (C=O) groups excluding carboxylic acids is 1. The van der Waals surface area contributed by atoms with E-state index in [1.54, 1.807) is 0 Å². The number of nitrogens with zero attached hydrogens (tertiary/aromatic N) is 1. The lowest BCUT2D eigenvalue weighted by atomic mass is 10.1. The normalized spacial score (nSPS) is 9.93. The van der Waals surface area contributed by atoms with Crippen LogP contribution >= 0.6 is 0 Å². The van der Waals surface area contributed by atoms with E-state index in [2.05, 4.69) is 0 Å². The zero-order chi connectivity index (χ0) is 11.1. The van der Waals surface area contributed by atoms with E-state index in [0.29, 0.717) is 13.1 Å². The Balaban J connectivity index is 2.43. The molecule has 15 heavy (non-hydrogen) atoms. The van der Waals surface area contributed by atoms with E-state index < -0.39 is 6.03 Å². The van der Waals surface area contributed by atoms with Gasteiger partial charge in [0.2, 0.25) is 0 Å². The molecule has 0 bridgehead atoms. The number of hydrogen-bond acceptors (Lipinski definition) is 2. The van der Waals surface area contributed by atoms with Crippen molar-refractivity contribution in [3.8, 4) is 0 Å². The maximum Gasteiger partial charge on any atom is 0.314 e. The van der Waals surface area contributed by atoms with Crippen molar-refractivity contribution < 1.29 is 9.90 Å². The first kappa shape index (κ1) is 11.5. The molecule has 3 N–H and O–H groups in total. The lowest BCUT2D eigenvalue weighted by Gasteiger charge is -2.18. The maximum atomic E-state index is 10.9. The summed E-state index contributed by atoms with van der Waals surface area (Å²) >= 11 is 0. The van der Waals surface area contributed by atoms with Gasteiger partial charge in [0.1, 0.15) is 0 Å². The fraction of sp³-hybridized carbons (Fsp3) is 0.364. The smallest absolute Gasteiger partial charge is 0.314 e. The third kappa shape index (κ3) is 3.99. The molecule has 2 amide bonds. The van der Waals surface area contributed by atoms with E-state index in [1.807, 2.05) is 30.3 Å². The minimum atomic E-state index is -0.486. The summed E-state index contributed by atoms with van der Waals surface area (Å²) in [6.07, 6.45) is 0.754. The van der Waals surface area contributed by atoms with Crippen molar-refractivity contribution in [1.82, 2.24) is 4.90 Å². The average Bonchev–Trinajstić information content (AvgIpc) is 2.25. The van der Waals surface area contributed by atoms with Gasteiger partial charge in [-0.3, -0.25) is 0 Å². The summed E-state index contributed by atoms with van der Waals surface area (Å²) in [6.45, 7) is 0.778. The highest BCUT2D eigenvalue weighted by molar-refractivity contribution is 5.71. The molecule has 0 saturated heterocycles. The standard InChI is InChI=1S/C11H16N2O2/c12-11(15)13(8-9-14)7-6-10-4-2-1-3-5-10/h1-5,14H,6-9H2,(H2,12,15). The summed E-state index contributed by atoms with van der Waals surface area (Å²) in [5.74, 6) is 0. The Labute approximate surface area is 89.3 Å². The Bertz CT molecular complexity index is 301. The Morgan fingerprint density at radius 2 is 1.93 bits per heavy atom. The number of rotatable bonds is 5. The van der Waals surface area contributed by atoms with Gasteiger partial charge in [-0.2, -0.15) is 0 Å². The molecule has 1 rings (SSSR count). The van der Waals surface area contributed by atoms with Crippen LogP contribution in [0, 0.1) is 0 Å². The molecule has 1 aromatic rings. The molecule has 0 aromatic heterocycles. The minimum Gasteiger partial charge on any atom is -0.395 e. The van der Waals surface area contributed by atoms with Crippen LogP contribution in [0.5, 0.6) is 0 Å². The van der Waals surface area contributed by atoms with Crippen LogP contribution in [0.2, 0.25) is 0 Å². The van der Waals surface area contributed by atoms with Gasteiger partial charge in [-0.1, -0.05) is 30.3 Å². The van der Waals surface area contributed by atoms with Gasteiger partial charge in [-0.15, -0.1) is 0 Å². The quantitative estimate of drug-likeness (QED) is 0.744. The second-order valence-corrected chi connectivity index (χ2v) is 3.28. The fourth-order valence-corrected chi connectivity index (χ4v) is 1.36. The molecule has 1 aromatic carbocycles. The molecule has 0 aliphatic carbocycles. The Hall–Kier alpha value is -1.55.